The van der Waals surface area contributed by atoms with Gasteiger partial charge in [0.25, 0.3) is 0 Å². The summed E-state index contributed by atoms with van der Waals surface area (Å²) in [5, 5.41) is 0. The predicted octanol–water partition coefficient (Wildman–Crippen LogP) is 21.0. The topological polar surface area (TPSA) is 78.9 Å². The quantitative estimate of drug-likeness (QED) is 0.0261. The Morgan fingerprint density at radius 3 is 0.959 bits per heavy atom. The van der Waals surface area contributed by atoms with Crippen LogP contribution in [0.15, 0.2) is 109 Å². The van der Waals surface area contributed by atoms with Crippen molar-refractivity contribution in [3.05, 3.63) is 109 Å². The number of carbonyl (C=O) groups excluding carboxylic acids is 3. The molecule has 1 unspecified atom stereocenters. The highest BCUT2D eigenvalue weighted by molar-refractivity contribution is 5.72. The van der Waals surface area contributed by atoms with E-state index in [1.54, 1.807) is 6.08 Å². The highest BCUT2D eigenvalue weighted by Crippen LogP contribution is 2.16. The number of carbonyl (C=O) groups is 3. The second-order valence-electron chi connectivity index (χ2n) is 20.2. The third-order valence-electron chi connectivity index (χ3n) is 13.0. The van der Waals surface area contributed by atoms with E-state index >= 15 is 0 Å². The van der Waals surface area contributed by atoms with Gasteiger partial charge in [-0.15, -0.1) is 0 Å². The Kier molecular flexibility index (Phi) is 58.3. The molecule has 0 aliphatic rings. The van der Waals surface area contributed by atoms with Crippen LogP contribution in [0.4, 0.5) is 0 Å². The monoisotopic (exact) mass is 1030 g/mol. The molecule has 74 heavy (non-hydrogen) atoms. The molecular weight excluding hydrogens is 913 g/mol. The van der Waals surface area contributed by atoms with Gasteiger partial charge in [0, 0.05) is 12.8 Å². The molecular formula is C68H114O6. The molecule has 0 fully saturated rings. The van der Waals surface area contributed by atoms with Gasteiger partial charge in [-0.1, -0.05) is 271 Å². The molecule has 0 spiro atoms. The molecule has 0 aliphatic heterocycles. The standard InChI is InChI=1S/C68H114O6/c1-4-7-10-13-16-19-22-24-26-27-28-29-30-31-32-33-34-35-36-37-38-39-40-41-43-44-46-49-52-55-58-61-67(70)73-64-65(63-72-66(69)60-57-54-51-48-21-18-15-12-9-6-3)74-68(71)62-59-56-53-50-47-45-42-25-23-20-17-14-11-8-5-2/h8,11-12,15,17,20,22,24-25,27-28,30-31,42,47,50,56,59,65H,4-7,9-10,13-14,16,18-19,21,23,26,29,32-41,43-46,48-49,51-55,57-58,60-64H2,1-3H3/b11-8-,15-12-,20-17-,24-22-,28-27-,31-30-,42-25-,50-47-,59-56-. The highest BCUT2D eigenvalue weighted by atomic mass is 16.6. The van der Waals surface area contributed by atoms with Crippen molar-refractivity contribution < 1.29 is 28.6 Å². The van der Waals surface area contributed by atoms with Gasteiger partial charge in [-0.05, 0) is 103 Å². The Hall–Kier alpha value is -3.93. The first kappa shape index (κ1) is 70.1. The summed E-state index contributed by atoms with van der Waals surface area (Å²) in [4.78, 5) is 38.0. The number of ether oxygens (including phenoxy) is 3. The van der Waals surface area contributed by atoms with Crippen molar-refractivity contribution in [2.45, 2.75) is 290 Å². The van der Waals surface area contributed by atoms with E-state index in [0.29, 0.717) is 12.8 Å². The van der Waals surface area contributed by atoms with Gasteiger partial charge < -0.3 is 14.2 Å². The number of allylic oxidation sites excluding steroid dienone is 17. The number of rotatable bonds is 55. The average Bonchev–Trinajstić information content (AvgIpc) is 3.40. The Balaban J connectivity index is 4.20. The fraction of sp³-hybridized carbons (Fsp3) is 0.691. The summed E-state index contributed by atoms with van der Waals surface area (Å²) in [6.45, 7) is 6.37. The summed E-state index contributed by atoms with van der Waals surface area (Å²) in [6.07, 6.45) is 84.3. The van der Waals surface area contributed by atoms with E-state index in [1.165, 1.54) is 141 Å². The zero-order chi connectivity index (χ0) is 53.6. The lowest BCUT2D eigenvalue weighted by molar-refractivity contribution is -0.166. The van der Waals surface area contributed by atoms with Gasteiger partial charge >= 0.3 is 17.9 Å². The second kappa shape index (κ2) is 61.6. The SMILES string of the molecule is CC/C=C\C/C=C\C/C=C\C/C=C\C/C=C\CC(=O)OC(COC(=O)CCCCCCC/C=C\CCC)COC(=O)CCCCCCCCCCCCCCCCCC/C=C\C/C=C\C/C=C\CCCCCCC. The van der Waals surface area contributed by atoms with Crippen molar-refractivity contribution in [2.75, 3.05) is 13.2 Å². The molecule has 0 amide bonds. The Morgan fingerprint density at radius 1 is 0.297 bits per heavy atom. The number of hydrogen-bond donors (Lipinski definition) is 0. The average molecular weight is 1030 g/mol. The largest absolute Gasteiger partial charge is 0.462 e. The van der Waals surface area contributed by atoms with E-state index in [0.717, 1.165) is 103 Å². The van der Waals surface area contributed by atoms with Crippen LogP contribution >= 0.6 is 0 Å². The zero-order valence-electron chi connectivity index (χ0n) is 48.3. The molecule has 0 saturated carbocycles. The van der Waals surface area contributed by atoms with Crippen LogP contribution in [0.5, 0.6) is 0 Å². The number of esters is 3. The molecule has 422 valence electrons. The van der Waals surface area contributed by atoms with Crippen molar-refractivity contribution >= 4 is 17.9 Å². The van der Waals surface area contributed by atoms with Crippen molar-refractivity contribution in [3.8, 4) is 0 Å². The van der Waals surface area contributed by atoms with Crippen LogP contribution in [-0.4, -0.2) is 37.2 Å². The van der Waals surface area contributed by atoms with Crippen LogP contribution in [0.25, 0.3) is 0 Å². The molecule has 0 aromatic carbocycles. The minimum atomic E-state index is -0.836. The zero-order valence-corrected chi connectivity index (χ0v) is 48.3. The van der Waals surface area contributed by atoms with Crippen LogP contribution in [0.2, 0.25) is 0 Å². The lowest BCUT2D eigenvalue weighted by atomic mass is 10.0. The van der Waals surface area contributed by atoms with Crippen molar-refractivity contribution in [1.82, 2.24) is 0 Å². The maximum absolute atomic E-state index is 12.8. The van der Waals surface area contributed by atoms with Crippen molar-refractivity contribution in [1.29, 1.82) is 0 Å². The van der Waals surface area contributed by atoms with E-state index < -0.39 is 12.1 Å². The first-order valence-corrected chi connectivity index (χ1v) is 30.9. The summed E-state index contributed by atoms with van der Waals surface area (Å²) in [6, 6.07) is 0. The molecule has 0 rings (SSSR count). The molecule has 0 bridgehead atoms. The van der Waals surface area contributed by atoms with E-state index in [1.807, 2.05) is 6.08 Å². The predicted molar refractivity (Wildman–Crippen MR) is 320 cm³/mol. The summed E-state index contributed by atoms with van der Waals surface area (Å²) < 4.78 is 16.7. The van der Waals surface area contributed by atoms with Crippen molar-refractivity contribution in [2.24, 2.45) is 0 Å². The molecule has 0 N–H and O–H groups in total. The Labute approximate surface area is 457 Å². The van der Waals surface area contributed by atoms with Crippen LogP contribution < -0.4 is 0 Å². The molecule has 0 aromatic heterocycles. The normalized spacial score (nSPS) is 12.9. The van der Waals surface area contributed by atoms with Gasteiger partial charge in [0.05, 0.1) is 6.42 Å². The summed E-state index contributed by atoms with van der Waals surface area (Å²) in [7, 11) is 0. The van der Waals surface area contributed by atoms with Crippen LogP contribution in [0.1, 0.15) is 284 Å². The Morgan fingerprint density at radius 2 is 0.595 bits per heavy atom. The van der Waals surface area contributed by atoms with Gasteiger partial charge in [0.15, 0.2) is 6.10 Å². The summed E-state index contributed by atoms with van der Waals surface area (Å²) in [5.74, 6) is -1.06. The molecule has 0 aromatic rings. The smallest absolute Gasteiger partial charge is 0.310 e. The molecule has 0 radical (unpaired) electrons. The molecule has 0 saturated heterocycles. The van der Waals surface area contributed by atoms with E-state index in [4.69, 9.17) is 14.2 Å². The van der Waals surface area contributed by atoms with Gasteiger partial charge in [-0.2, -0.15) is 0 Å². The van der Waals surface area contributed by atoms with E-state index in [2.05, 4.69) is 118 Å². The minimum Gasteiger partial charge on any atom is -0.462 e. The van der Waals surface area contributed by atoms with Gasteiger partial charge in [0.1, 0.15) is 13.2 Å². The van der Waals surface area contributed by atoms with Gasteiger partial charge in [-0.3, -0.25) is 14.4 Å². The minimum absolute atomic E-state index is 0.0937. The van der Waals surface area contributed by atoms with Crippen LogP contribution in [0.3, 0.4) is 0 Å². The van der Waals surface area contributed by atoms with E-state index in [9.17, 15) is 14.4 Å². The third kappa shape index (κ3) is 59.0. The van der Waals surface area contributed by atoms with E-state index in [-0.39, 0.29) is 31.6 Å². The lowest BCUT2D eigenvalue weighted by Gasteiger charge is -2.18. The third-order valence-corrected chi connectivity index (χ3v) is 13.0. The lowest BCUT2D eigenvalue weighted by Crippen LogP contribution is -2.30. The maximum Gasteiger partial charge on any atom is 0.310 e. The van der Waals surface area contributed by atoms with Crippen molar-refractivity contribution in [3.63, 3.8) is 0 Å². The summed E-state index contributed by atoms with van der Waals surface area (Å²) in [5.41, 5.74) is 0. The molecule has 0 aliphatic carbocycles. The molecule has 0 heterocycles. The molecule has 1 atom stereocenters. The molecule has 6 nitrogen and oxygen atoms in total. The van der Waals surface area contributed by atoms with Gasteiger partial charge in [0.2, 0.25) is 0 Å². The fourth-order valence-corrected chi connectivity index (χ4v) is 8.41. The number of hydrogen-bond acceptors (Lipinski definition) is 6. The summed E-state index contributed by atoms with van der Waals surface area (Å²) >= 11 is 0. The first-order valence-electron chi connectivity index (χ1n) is 30.9. The first-order chi connectivity index (χ1) is 36.5. The van der Waals surface area contributed by atoms with Gasteiger partial charge in [-0.25, -0.2) is 0 Å². The number of unbranched alkanes of at least 4 members (excludes halogenated alkanes) is 27. The second-order valence-corrected chi connectivity index (χ2v) is 20.2. The maximum atomic E-state index is 12.8. The van der Waals surface area contributed by atoms with Crippen LogP contribution in [-0.2, 0) is 28.6 Å². The van der Waals surface area contributed by atoms with Crippen LogP contribution in [0, 0.1) is 0 Å². The Bertz CT molecular complexity index is 1510. The fourth-order valence-electron chi connectivity index (χ4n) is 8.41. The highest BCUT2D eigenvalue weighted by Gasteiger charge is 2.19. The molecule has 6 heteroatoms.